The quantitative estimate of drug-likeness (QED) is 0.235. The number of carboxylic acid groups (broad SMARTS) is 1. The van der Waals surface area contributed by atoms with E-state index in [2.05, 4.69) is 26.0 Å². The molecule has 0 amide bonds. The largest absolute Gasteiger partial charge is 0.550 e. The second kappa shape index (κ2) is 16.6. The van der Waals surface area contributed by atoms with Crippen LogP contribution in [0.15, 0.2) is 24.3 Å². The Morgan fingerprint density at radius 1 is 0.897 bits per heavy atom. The molecule has 0 heterocycles. The van der Waals surface area contributed by atoms with E-state index in [1.807, 2.05) is 12.2 Å². The van der Waals surface area contributed by atoms with Crippen molar-refractivity contribution < 1.29 is 29.7 Å². The number of aliphatic hydroxyl groups is 3. The van der Waals surface area contributed by atoms with Gasteiger partial charge in [0.2, 0.25) is 0 Å². The number of hydrogen-bond donors (Lipinski definition) is 3. The molecule has 0 fully saturated rings. The molecule has 0 saturated carbocycles. The first kappa shape index (κ1) is 27.8. The van der Waals surface area contributed by atoms with Crippen LogP contribution in [0.2, 0.25) is 0 Å². The Bertz CT molecular complexity index is 452. The Morgan fingerprint density at radius 3 is 1.72 bits per heavy atom. The zero-order valence-electron chi connectivity index (χ0n) is 18.6. The zero-order chi connectivity index (χ0) is 22.1. The molecule has 0 bridgehead atoms. The highest BCUT2D eigenvalue weighted by Gasteiger charge is 2.35. The number of aliphatic carboxylic acids is 1. The van der Waals surface area contributed by atoms with Gasteiger partial charge in [0.25, 0.3) is 0 Å². The Balaban J connectivity index is 5.32. The van der Waals surface area contributed by atoms with Crippen molar-refractivity contribution in [3.05, 3.63) is 24.3 Å². The summed E-state index contributed by atoms with van der Waals surface area (Å²) in [4.78, 5) is 11.5. The molecule has 0 aliphatic rings. The van der Waals surface area contributed by atoms with Gasteiger partial charge < -0.3 is 29.7 Å². The standard InChI is InChI=1S/C23H43NO5/c1-4-7-9-11-13-21(26)18-24(15-16-25,17-20(6-3)23(28)29)19-22(27)14-12-10-8-5-2/h7-10,20-22,25-27H,4-6,11-19H2,1-3H3/b9-7+,10-8+. The first-order chi connectivity index (χ1) is 13.8. The fourth-order valence-electron chi connectivity index (χ4n) is 3.77. The summed E-state index contributed by atoms with van der Waals surface area (Å²) in [6.45, 7) is 6.94. The number of carbonyl (C=O) groups is 1. The van der Waals surface area contributed by atoms with E-state index in [1.54, 1.807) is 6.92 Å². The van der Waals surface area contributed by atoms with Gasteiger partial charge in [-0.25, -0.2) is 0 Å². The average Bonchev–Trinajstić information content (AvgIpc) is 2.66. The summed E-state index contributed by atoms with van der Waals surface area (Å²) in [7, 11) is 0. The van der Waals surface area contributed by atoms with Gasteiger partial charge in [-0.3, -0.25) is 0 Å². The van der Waals surface area contributed by atoms with Gasteiger partial charge in [-0.05, 0) is 44.9 Å². The van der Waals surface area contributed by atoms with Crippen LogP contribution in [-0.4, -0.2) is 70.8 Å². The third-order valence-electron chi connectivity index (χ3n) is 5.34. The molecule has 6 nitrogen and oxygen atoms in total. The number of rotatable bonds is 18. The van der Waals surface area contributed by atoms with Crippen LogP contribution in [0.3, 0.4) is 0 Å². The third-order valence-corrected chi connectivity index (χ3v) is 5.34. The smallest absolute Gasteiger partial charge is 0.105 e. The number of quaternary nitrogens is 1. The predicted molar refractivity (Wildman–Crippen MR) is 115 cm³/mol. The lowest BCUT2D eigenvalue weighted by Crippen LogP contribution is -2.60. The van der Waals surface area contributed by atoms with E-state index in [0.717, 1.165) is 25.7 Å². The monoisotopic (exact) mass is 413 g/mol. The van der Waals surface area contributed by atoms with Gasteiger partial charge in [0.1, 0.15) is 31.8 Å². The molecule has 6 heteroatoms. The van der Waals surface area contributed by atoms with Crippen molar-refractivity contribution >= 4 is 5.97 Å². The molecule has 3 N–H and O–H groups in total. The molecule has 0 rings (SSSR count). The fourth-order valence-corrected chi connectivity index (χ4v) is 3.77. The molecule has 3 atom stereocenters. The van der Waals surface area contributed by atoms with Crippen LogP contribution < -0.4 is 5.11 Å². The maximum Gasteiger partial charge on any atom is 0.105 e. The Kier molecular flexibility index (Phi) is 15.9. The third kappa shape index (κ3) is 12.9. The molecule has 170 valence electrons. The average molecular weight is 414 g/mol. The zero-order valence-corrected chi connectivity index (χ0v) is 18.6. The minimum atomic E-state index is -1.12. The first-order valence-corrected chi connectivity index (χ1v) is 11.2. The maximum absolute atomic E-state index is 11.5. The minimum absolute atomic E-state index is 0.131. The minimum Gasteiger partial charge on any atom is -0.550 e. The van der Waals surface area contributed by atoms with E-state index in [-0.39, 0.29) is 17.6 Å². The fraction of sp³-hybridized carbons (Fsp3) is 0.783. The topological polar surface area (TPSA) is 101 Å². The Labute approximate surface area is 177 Å². The van der Waals surface area contributed by atoms with Crippen molar-refractivity contribution in [2.75, 3.05) is 32.8 Å². The van der Waals surface area contributed by atoms with Crippen LogP contribution in [-0.2, 0) is 4.79 Å². The summed E-state index contributed by atoms with van der Waals surface area (Å²) < 4.78 is 0.181. The van der Waals surface area contributed by atoms with E-state index >= 15 is 0 Å². The number of nitrogens with zero attached hydrogens (tertiary/aromatic N) is 1. The molecule has 0 aromatic carbocycles. The van der Waals surface area contributed by atoms with Crippen molar-refractivity contribution in [1.82, 2.24) is 0 Å². The number of aliphatic hydroxyl groups excluding tert-OH is 3. The van der Waals surface area contributed by atoms with Gasteiger partial charge in [0, 0.05) is 5.92 Å². The SMILES string of the molecule is CC/C=C/CCC(O)C[N+](CCO)(CC(O)CC/C=C/CC)CC(CC)C(=O)[O-]. The number of carboxylic acids is 1. The van der Waals surface area contributed by atoms with Crippen LogP contribution >= 0.6 is 0 Å². The van der Waals surface area contributed by atoms with Crippen LogP contribution in [0.5, 0.6) is 0 Å². The summed E-state index contributed by atoms with van der Waals surface area (Å²) in [6.07, 6.45) is 11.9. The van der Waals surface area contributed by atoms with Gasteiger partial charge >= 0.3 is 0 Å². The lowest BCUT2D eigenvalue weighted by atomic mass is 10.0. The second-order valence-electron chi connectivity index (χ2n) is 7.98. The lowest BCUT2D eigenvalue weighted by molar-refractivity contribution is -0.936. The van der Waals surface area contributed by atoms with Crippen molar-refractivity contribution in [1.29, 1.82) is 0 Å². The van der Waals surface area contributed by atoms with Gasteiger partial charge in [0.05, 0.1) is 19.1 Å². The summed E-state index contributed by atoms with van der Waals surface area (Å²) in [6, 6.07) is 0. The molecule has 3 unspecified atom stereocenters. The Morgan fingerprint density at radius 2 is 1.38 bits per heavy atom. The second-order valence-corrected chi connectivity index (χ2v) is 7.98. The Hall–Kier alpha value is -1.21. The number of hydrogen-bond acceptors (Lipinski definition) is 5. The molecule has 29 heavy (non-hydrogen) atoms. The molecular formula is C23H43NO5. The summed E-state index contributed by atoms with van der Waals surface area (Å²) in [5, 5.41) is 42.4. The molecule has 0 aromatic rings. The van der Waals surface area contributed by atoms with Gasteiger partial charge in [-0.1, -0.05) is 45.1 Å². The predicted octanol–water partition coefficient (Wildman–Crippen LogP) is 1.79. The number of allylic oxidation sites excluding steroid dienone is 4. The van der Waals surface area contributed by atoms with Crippen molar-refractivity contribution in [2.24, 2.45) is 5.92 Å². The molecular weight excluding hydrogens is 370 g/mol. The lowest BCUT2D eigenvalue weighted by Gasteiger charge is -2.43. The number of carbonyl (C=O) groups excluding carboxylic acids is 1. The molecule has 0 spiro atoms. The molecule has 0 aromatic heterocycles. The molecule has 0 aliphatic carbocycles. The van der Waals surface area contributed by atoms with Crippen LogP contribution in [0, 0.1) is 5.92 Å². The normalized spacial score (nSPS) is 17.4. The molecule has 0 saturated heterocycles. The van der Waals surface area contributed by atoms with Gasteiger partial charge in [-0.2, -0.15) is 0 Å². The van der Waals surface area contributed by atoms with E-state index in [9.17, 15) is 25.2 Å². The summed E-state index contributed by atoms with van der Waals surface area (Å²) in [5.41, 5.74) is 0. The van der Waals surface area contributed by atoms with Crippen molar-refractivity contribution in [2.45, 2.75) is 77.9 Å². The van der Waals surface area contributed by atoms with Crippen molar-refractivity contribution in [3.8, 4) is 0 Å². The van der Waals surface area contributed by atoms with Crippen molar-refractivity contribution in [3.63, 3.8) is 0 Å². The molecule has 0 aliphatic heterocycles. The van der Waals surface area contributed by atoms with Gasteiger partial charge in [-0.15, -0.1) is 0 Å². The first-order valence-electron chi connectivity index (χ1n) is 11.2. The summed E-state index contributed by atoms with van der Waals surface area (Å²) >= 11 is 0. The van der Waals surface area contributed by atoms with Crippen LogP contribution in [0.25, 0.3) is 0 Å². The maximum atomic E-state index is 11.5. The van der Waals surface area contributed by atoms with Crippen LogP contribution in [0.4, 0.5) is 0 Å². The molecule has 0 radical (unpaired) electrons. The highest BCUT2D eigenvalue weighted by molar-refractivity contribution is 5.67. The van der Waals surface area contributed by atoms with E-state index in [4.69, 9.17) is 0 Å². The highest BCUT2D eigenvalue weighted by Crippen LogP contribution is 2.19. The van der Waals surface area contributed by atoms with E-state index in [1.165, 1.54) is 0 Å². The van der Waals surface area contributed by atoms with E-state index in [0.29, 0.717) is 38.9 Å². The highest BCUT2D eigenvalue weighted by atomic mass is 16.4. The van der Waals surface area contributed by atoms with E-state index < -0.39 is 24.1 Å². The summed E-state index contributed by atoms with van der Waals surface area (Å²) in [5.74, 6) is -1.80. The van der Waals surface area contributed by atoms with Crippen LogP contribution in [0.1, 0.15) is 65.7 Å². The van der Waals surface area contributed by atoms with Gasteiger partial charge in [0.15, 0.2) is 0 Å².